The van der Waals surface area contributed by atoms with Crippen LogP contribution in [0, 0.1) is 13.8 Å². The molecule has 1 aromatic carbocycles. The molecule has 0 radical (unpaired) electrons. The van der Waals surface area contributed by atoms with Gasteiger partial charge in [0.1, 0.15) is 18.3 Å². The van der Waals surface area contributed by atoms with E-state index in [0.717, 1.165) is 5.56 Å². The maximum Gasteiger partial charge on any atom is 0.339 e. The maximum absolute atomic E-state index is 12.2. The second kappa shape index (κ2) is 6.30. The first kappa shape index (κ1) is 14.9. The molecule has 1 aromatic heterocycles. The highest BCUT2D eigenvalue weighted by atomic mass is 16.5. The zero-order valence-corrected chi connectivity index (χ0v) is 12.2. The van der Waals surface area contributed by atoms with E-state index < -0.39 is 12.0 Å². The SMILES string of the molecule is CC(=O)C(C(=O)OCc1ccccc1)n1nc(C)nc1C. The van der Waals surface area contributed by atoms with Gasteiger partial charge in [0, 0.05) is 0 Å². The number of hydrogen-bond donors (Lipinski definition) is 0. The molecule has 0 aliphatic heterocycles. The Kier molecular flexibility index (Phi) is 4.47. The molecule has 0 saturated heterocycles. The third-order valence-corrected chi connectivity index (χ3v) is 2.98. The van der Waals surface area contributed by atoms with Gasteiger partial charge in [-0.1, -0.05) is 30.3 Å². The van der Waals surface area contributed by atoms with Crippen molar-refractivity contribution in [2.45, 2.75) is 33.4 Å². The lowest BCUT2D eigenvalue weighted by Crippen LogP contribution is -2.29. The van der Waals surface area contributed by atoms with E-state index in [9.17, 15) is 9.59 Å². The van der Waals surface area contributed by atoms with Crippen LogP contribution in [0.2, 0.25) is 0 Å². The standard InChI is InChI=1S/C15H17N3O3/c1-10(19)14(18-12(3)16-11(2)17-18)15(20)21-9-13-7-5-4-6-8-13/h4-8,14H,9H2,1-3H3. The van der Waals surface area contributed by atoms with Crippen LogP contribution in [0.25, 0.3) is 0 Å². The van der Waals surface area contributed by atoms with Crippen molar-refractivity contribution in [3.05, 3.63) is 47.5 Å². The lowest BCUT2D eigenvalue weighted by Gasteiger charge is -2.14. The fourth-order valence-electron chi connectivity index (χ4n) is 2.03. The van der Waals surface area contributed by atoms with Gasteiger partial charge in [-0.2, -0.15) is 5.10 Å². The third kappa shape index (κ3) is 3.53. The van der Waals surface area contributed by atoms with Crippen LogP contribution < -0.4 is 0 Å². The Morgan fingerprint density at radius 2 is 1.90 bits per heavy atom. The van der Waals surface area contributed by atoms with Crippen molar-refractivity contribution in [3.8, 4) is 0 Å². The molecule has 110 valence electrons. The second-order valence-corrected chi connectivity index (χ2v) is 4.76. The Hall–Kier alpha value is -2.50. The second-order valence-electron chi connectivity index (χ2n) is 4.76. The van der Waals surface area contributed by atoms with Crippen LogP contribution in [0.1, 0.15) is 30.2 Å². The summed E-state index contributed by atoms with van der Waals surface area (Å²) in [5.74, 6) is 0.0550. The Labute approximate surface area is 122 Å². The van der Waals surface area contributed by atoms with Crippen LogP contribution in [0.5, 0.6) is 0 Å². The first-order valence-corrected chi connectivity index (χ1v) is 6.60. The van der Waals surface area contributed by atoms with Crippen molar-refractivity contribution in [1.82, 2.24) is 14.8 Å². The molecule has 6 nitrogen and oxygen atoms in total. The number of esters is 1. The van der Waals surface area contributed by atoms with Gasteiger partial charge < -0.3 is 4.74 Å². The van der Waals surface area contributed by atoms with Crippen molar-refractivity contribution in [2.75, 3.05) is 0 Å². The Morgan fingerprint density at radius 1 is 1.24 bits per heavy atom. The number of Topliss-reactive ketones (excluding diaryl/α,β-unsaturated/α-hetero) is 1. The summed E-state index contributed by atoms with van der Waals surface area (Å²) in [6.07, 6.45) is 0. The number of hydrogen-bond acceptors (Lipinski definition) is 5. The number of aromatic nitrogens is 3. The lowest BCUT2D eigenvalue weighted by atomic mass is 10.2. The Morgan fingerprint density at radius 3 is 2.43 bits per heavy atom. The van der Waals surface area contributed by atoms with Crippen molar-refractivity contribution < 1.29 is 14.3 Å². The third-order valence-electron chi connectivity index (χ3n) is 2.98. The van der Waals surface area contributed by atoms with Crippen LogP contribution in [0.4, 0.5) is 0 Å². The van der Waals surface area contributed by atoms with Gasteiger partial charge in [0.05, 0.1) is 0 Å². The molecule has 1 heterocycles. The highest BCUT2D eigenvalue weighted by molar-refractivity contribution is 5.99. The number of carbonyl (C=O) groups is 2. The van der Waals surface area contributed by atoms with E-state index in [1.165, 1.54) is 11.6 Å². The van der Waals surface area contributed by atoms with E-state index in [4.69, 9.17) is 4.74 Å². The number of aryl methyl sites for hydroxylation is 2. The van der Waals surface area contributed by atoms with Crippen molar-refractivity contribution in [1.29, 1.82) is 0 Å². The minimum absolute atomic E-state index is 0.121. The number of ketones is 1. The van der Waals surface area contributed by atoms with Gasteiger partial charge in [0.25, 0.3) is 0 Å². The van der Waals surface area contributed by atoms with Gasteiger partial charge in [-0.15, -0.1) is 0 Å². The van der Waals surface area contributed by atoms with E-state index in [0.29, 0.717) is 11.6 Å². The molecule has 1 atom stereocenters. The lowest BCUT2D eigenvalue weighted by molar-refractivity contribution is -0.152. The molecule has 0 saturated carbocycles. The van der Waals surface area contributed by atoms with Crippen LogP contribution in [-0.4, -0.2) is 26.5 Å². The van der Waals surface area contributed by atoms with E-state index in [-0.39, 0.29) is 12.4 Å². The van der Waals surface area contributed by atoms with Gasteiger partial charge in [0.2, 0.25) is 6.04 Å². The van der Waals surface area contributed by atoms with Crippen LogP contribution in [0.15, 0.2) is 30.3 Å². The van der Waals surface area contributed by atoms with Gasteiger partial charge in [-0.3, -0.25) is 4.79 Å². The molecule has 0 spiro atoms. The zero-order valence-electron chi connectivity index (χ0n) is 12.2. The predicted molar refractivity (Wildman–Crippen MR) is 75.5 cm³/mol. The molecule has 2 rings (SSSR count). The topological polar surface area (TPSA) is 74.1 Å². The molecular formula is C15H17N3O3. The normalized spacial score (nSPS) is 12.0. The quantitative estimate of drug-likeness (QED) is 0.619. The number of ether oxygens (including phenoxy) is 1. The van der Waals surface area contributed by atoms with Crippen LogP contribution in [0.3, 0.4) is 0 Å². The van der Waals surface area contributed by atoms with E-state index >= 15 is 0 Å². The number of rotatable bonds is 5. The molecule has 21 heavy (non-hydrogen) atoms. The average Bonchev–Trinajstić information content (AvgIpc) is 2.76. The average molecular weight is 287 g/mol. The number of carbonyl (C=O) groups excluding carboxylic acids is 2. The highest BCUT2D eigenvalue weighted by Crippen LogP contribution is 2.13. The number of benzene rings is 1. The summed E-state index contributed by atoms with van der Waals surface area (Å²) in [5.41, 5.74) is 0.861. The molecule has 1 unspecified atom stereocenters. The molecule has 6 heteroatoms. The van der Waals surface area contributed by atoms with E-state index in [2.05, 4.69) is 10.1 Å². The summed E-state index contributed by atoms with van der Waals surface area (Å²) < 4.78 is 6.53. The van der Waals surface area contributed by atoms with E-state index in [1.54, 1.807) is 13.8 Å². The summed E-state index contributed by atoms with van der Waals surface area (Å²) in [6.45, 7) is 4.86. The fourth-order valence-corrected chi connectivity index (χ4v) is 2.03. The largest absolute Gasteiger partial charge is 0.459 e. The Bertz CT molecular complexity index is 649. The number of nitrogens with zero attached hydrogens (tertiary/aromatic N) is 3. The van der Waals surface area contributed by atoms with E-state index in [1.807, 2.05) is 30.3 Å². The van der Waals surface area contributed by atoms with Crippen LogP contribution >= 0.6 is 0 Å². The minimum Gasteiger partial charge on any atom is -0.459 e. The summed E-state index contributed by atoms with van der Waals surface area (Å²) >= 11 is 0. The first-order valence-electron chi connectivity index (χ1n) is 6.60. The maximum atomic E-state index is 12.2. The Balaban J connectivity index is 2.13. The first-order chi connectivity index (χ1) is 9.99. The molecule has 0 fully saturated rings. The van der Waals surface area contributed by atoms with Gasteiger partial charge in [-0.25, -0.2) is 14.5 Å². The molecule has 0 amide bonds. The van der Waals surface area contributed by atoms with Crippen LogP contribution in [-0.2, 0) is 20.9 Å². The summed E-state index contributed by atoms with van der Waals surface area (Å²) in [6, 6.07) is 8.20. The predicted octanol–water partition coefficient (Wildman–Crippen LogP) is 1.77. The molecule has 0 aliphatic carbocycles. The molecular weight excluding hydrogens is 270 g/mol. The van der Waals surface area contributed by atoms with Gasteiger partial charge in [0.15, 0.2) is 5.78 Å². The molecule has 0 N–H and O–H groups in total. The van der Waals surface area contributed by atoms with Crippen molar-refractivity contribution in [2.24, 2.45) is 0 Å². The van der Waals surface area contributed by atoms with Crippen molar-refractivity contribution in [3.63, 3.8) is 0 Å². The molecule has 2 aromatic rings. The fraction of sp³-hybridized carbons (Fsp3) is 0.333. The van der Waals surface area contributed by atoms with Gasteiger partial charge >= 0.3 is 5.97 Å². The zero-order chi connectivity index (χ0) is 15.4. The highest BCUT2D eigenvalue weighted by Gasteiger charge is 2.29. The summed E-state index contributed by atoms with van der Waals surface area (Å²) in [5, 5.41) is 4.09. The van der Waals surface area contributed by atoms with Crippen molar-refractivity contribution >= 4 is 11.8 Å². The summed E-state index contributed by atoms with van der Waals surface area (Å²) in [4.78, 5) is 28.1. The monoisotopic (exact) mass is 287 g/mol. The molecule has 0 aliphatic rings. The minimum atomic E-state index is -1.09. The molecule has 0 bridgehead atoms. The van der Waals surface area contributed by atoms with Gasteiger partial charge in [-0.05, 0) is 26.3 Å². The summed E-state index contributed by atoms with van der Waals surface area (Å²) in [7, 11) is 0. The smallest absolute Gasteiger partial charge is 0.339 e.